The lowest BCUT2D eigenvalue weighted by Crippen LogP contribution is -2.19. The number of carbonyl (C=O) groups excluding carboxylic acids is 1. The van der Waals surface area contributed by atoms with Crippen molar-refractivity contribution in [1.82, 2.24) is 0 Å². The first-order valence-corrected chi connectivity index (χ1v) is 4.28. The molecule has 0 aliphatic rings. The van der Waals surface area contributed by atoms with Crippen LogP contribution in [0.1, 0.15) is 18.6 Å². The third-order valence-corrected chi connectivity index (χ3v) is 1.74. The highest BCUT2D eigenvalue weighted by molar-refractivity contribution is 5.75. The van der Waals surface area contributed by atoms with Crippen molar-refractivity contribution in [2.75, 3.05) is 6.61 Å². The van der Waals surface area contributed by atoms with Crippen LogP contribution in [0.4, 0.5) is 0 Å². The fourth-order valence-electron chi connectivity index (χ4n) is 0.997. The molecule has 0 radical (unpaired) electrons. The van der Waals surface area contributed by atoms with E-state index in [4.69, 9.17) is 10.5 Å². The third kappa shape index (κ3) is 3.06. The topological polar surface area (TPSA) is 72.6 Å². The molecule has 1 rings (SSSR count). The van der Waals surface area contributed by atoms with E-state index >= 15 is 0 Å². The summed E-state index contributed by atoms with van der Waals surface area (Å²) in [4.78, 5) is 10.4. The van der Waals surface area contributed by atoms with E-state index in [0.29, 0.717) is 5.75 Å². The molecule has 4 nitrogen and oxygen atoms in total. The van der Waals surface area contributed by atoms with E-state index in [0.717, 1.165) is 5.56 Å². The second-order valence-corrected chi connectivity index (χ2v) is 3.00. The molecular weight excluding hydrogens is 182 g/mol. The van der Waals surface area contributed by atoms with Crippen LogP contribution < -0.4 is 10.5 Å². The van der Waals surface area contributed by atoms with Gasteiger partial charge >= 0.3 is 0 Å². The molecule has 1 amide bonds. The van der Waals surface area contributed by atoms with Gasteiger partial charge in [0.1, 0.15) is 5.75 Å². The molecule has 14 heavy (non-hydrogen) atoms. The number of benzene rings is 1. The highest BCUT2D eigenvalue weighted by atomic mass is 16.5. The maximum atomic E-state index is 10.4. The van der Waals surface area contributed by atoms with Gasteiger partial charge < -0.3 is 15.6 Å². The molecule has 0 aromatic heterocycles. The van der Waals surface area contributed by atoms with Crippen molar-refractivity contribution in [2.24, 2.45) is 5.73 Å². The van der Waals surface area contributed by atoms with Crippen molar-refractivity contribution in [3.05, 3.63) is 29.8 Å². The number of rotatable bonds is 4. The van der Waals surface area contributed by atoms with Crippen LogP contribution in [0.25, 0.3) is 0 Å². The summed E-state index contributed by atoms with van der Waals surface area (Å²) >= 11 is 0. The molecule has 0 saturated carbocycles. The van der Waals surface area contributed by atoms with Crippen LogP contribution in [-0.2, 0) is 4.79 Å². The van der Waals surface area contributed by atoms with Crippen molar-refractivity contribution >= 4 is 5.91 Å². The van der Waals surface area contributed by atoms with E-state index in [1.807, 2.05) is 0 Å². The lowest BCUT2D eigenvalue weighted by Gasteiger charge is -2.06. The Bertz CT molecular complexity index is 306. The number of hydrogen-bond acceptors (Lipinski definition) is 3. The van der Waals surface area contributed by atoms with Crippen LogP contribution in [0.3, 0.4) is 0 Å². The maximum absolute atomic E-state index is 10.4. The van der Waals surface area contributed by atoms with Crippen molar-refractivity contribution in [3.63, 3.8) is 0 Å². The number of aliphatic hydroxyl groups excluding tert-OH is 1. The average molecular weight is 195 g/mol. The molecule has 0 unspecified atom stereocenters. The number of ether oxygens (including phenoxy) is 1. The number of carbonyl (C=O) groups is 1. The standard InChI is InChI=1S/C10H13NO3/c1-7(12)8-2-4-9(5-3-8)14-6-10(11)13/h2-5,7,12H,6H2,1H3,(H2,11,13)/t7-/m0/s1. The van der Waals surface area contributed by atoms with E-state index in [1.54, 1.807) is 31.2 Å². The zero-order valence-corrected chi connectivity index (χ0v) is 7.93. The van der Waals surface area contributed by atoms with E-state index in [1.165, 1.54) is 0 Å². The van der Waals surface area contributed by atoms with Gasteiger partial charge in [-0.15, -0.1) is 0 Å². The van der Waals surface area contributed by atoms with Gasteiger partial charge in [0.15, 0.2) is 6.61 Å². The van der Waals surface area contributed by atoms with Crippen LogP contribution in [0, 0.1) is 0 Å². The molecule has 76 valence electrons. The SMILES string of the molecule is C[C@H](O)c1ccc(OCC(N)=O)cc1. The Labute approximate surface area is 82.3 Å². The van der Waals surface area contributed by atoms with E-state index in [-0.39, 0.29) is 6.61 Å². The molecular formula is C10H13NO3. The normalized spacial score (nSPS) is 12.1. The highest BCUT2D eigenvalue weighted by Crippen LogP contribution is 2.16. The minimum absolute atomic E-state index is 0.131. The minimum atomic E-state index is -0.510. The van der Waals surface area contributed by atoms with Gasteiger partial charge in [-0.2, -0.15) is 0 Å². The van der Waals surface area contributed by atoms with Gasteiger partial charge in [0, 0.05) is 0 Å². The molecule has 0 heterocycles. The van der Waals surface area contributed by atoms with Crippen LogP contribution in [0.2, 0.25) is 0 Å². The smallest absolute Gasteiger partial charge is 0.255 e. The summed E-state index contributed by atoms with van der Waals surface area (Å²) in [7, 11) is 0. The number of hydrogen-bond donors (Lipinski definition) is 2. The molecule has 0 saturated heterocycles. The van der Waals surface area contributed by atoms with Crippen molar-refractivity contribution in [3.8, 4) is 5.75 Å². The van der Waals surface area contributed by atoms with Crippen molar-refractivity contribution in [2.45, 2.75) is 13.0 Å². The third-order valence-electron chi connectivity index (χ3n) is 1.74. The first kappa shape index (κ1) is 10.5. The van der Waals surface area contributed by atoms with Crippen molar-refractivity contribution in [1.29, 1.82) is 0 Å². The van der Waals surface area contributed by atoms with Crippen LogP contribution in [0.15, 0.2) is 24.3 Å². The van der Waals surface area contributed by atoms with E-state index < -0.39 is 12.0 Å². The summed E-state index contributed by atoms with van der Waals surface area (Å²) in [5.41, 5.74) is 5.72. The van der Waals surface area contributed by atoms with Gasteiger partial charge in [-0.1, -0.05) is 12.1 Å². The zero-order valence-electron chi connectivity index (χ0n) is 7.93. The molecule has 1 aromatic carbocycles. The largest absolute Gasteiger partial charge is 0.484 e. The Hall–Kier alpha value is -1.55. The number of nitrogens with two attached hydrogens (primary N) is 1. The minimum Gasteiger partial charge on any atom is -0.484 e. The summed E-state index contributed by atoms with van der Waals surface area (Å²) in [6.07, 6.45) is -0.500. The average Bonchev–Trinajstić information content (AvgIpc) is 2.15. The quantitative estimate of drug-likeness (QED) is 0.739. The van der Waals surface area contributed by atoms with Gasteiger partial charge in [0.05, 0.1) is 6.10 Å². The number of amides is 1. The summed E-state index contributed by atoms with van der Waals surface area (Å²) in [5.74, 6) is 0.0535. The lowest BCUT2D eigenvalue weighted by molar-refractivity contribution is -0.119. The molecule has 4 heteroatoms. The van der Waals surface area contributed by atoms with Crippen LogP contribution in [-0.4, -0.2) is 17.6 Å². The Kier molecular flexibility index (Phi) is 3.48. The number of primary amides is 1. The first-order chi connectivity index (χ1) is 6.59. The Morgan fingerprint density at radius 3 is 2.50 bits per heavy atom. The summed E-state index contributed by atoms with van der Waals surface area (Å²) in [5, 5.41) is 9.22. The zero-order chi connectivity index (χ0) is 10.6. The summed E-state index contributed by atoms with van der Waals surface area (Å²) < 4.78 is 5.05. The summed E-state index contributed by atoms with van der Waals surface area (Å²) in [6.45, 7) is 1.55. The van der Waals surface area contributed by atoms with Crippen LogP contribution in [0.5, 0.6) is 5.75 Å². The molecule has 3 N–H and O–H groups in total. The second kappa shape index (κ2) is 4.62. The fraction of sp³-hybridized carbons (Fsp3) is 0.300. The highest BCUT2D eigenvalue weighted by Gasteiger charge is 2.01. The Morgan fingerprint density at radius 2 is 2.07 bits per heavy atom. The van der Waals surface area contributed by atoms with Gasteiger partial charge in [0.2, 0.25) is 0 Å². The molecule has 0 fully saturated rings. The van der Waals surface area contributed by atoms with Crippen LogP contribution >= 0.6 is 0 Å². The van der Waals surface area contributed by atoms with Gasteiger partial charge in [-0.25, -0.2) is 0 Å². The van der Waals surface area contributed by atoms with E-state index in [2.05, 4.69) is 0 Å². The van der Waals surface area contributed by atoms with Crippen molar-refractivity contribution < 1.29 is 14.6 Å². The Balaban J connectivity index is 2.59. The fourth-order valence-corrected chi connectivity index (χ4v) is 0.997. The summed E-state index contributed by atoms with van der Waals surface area (Å²) in [6, 6.07) is 6.85. The first-order valence-electron chi connectivity index (χ1n) is 4.28. The monoisotopic (exact) mass is 195 g/mol. The number of aliphatic hydroxyl groups is 1. The molecule has 0 aliphatic carbocycles. The molecule has 0 aliphatic heterocycles. The van der Waals surface area contributed by atoms with E-state index in [9.17, 15) is 9.90 Å². The molecule has 1 atom stereocenters. The van der Waals surface area contributed by atoms with Gasteiger partial charge in [-0.3, -0.25) is 4.79 Å². The second-order valence-electron chi connectivity index (χ2n) is 3.00. The molecule has 1 aromatic rings. The predicted octanol–water partition coefficient (Wildman–Crippen LogP) is 0.604. The Morgan fingerprint density at radius 1 is 1.50 bits per heavy atom. The molecule has 0 spiro atoms. The molecule has 0 bridgehead atoms. The van der Waals surface area contributed by atoms with Gasteiger partial charge in [-0.05, 0) is 24.6 Å². The van der Waals surface area contributed by atoms with Gasteiger partial charge in [0.25, 0.3) is 5.91 Å². The lowest BCUT2D eigenvalue weighted by atomic mass is 10.1. The predicted molar refractivity (Wildman–Crippen MR) is 51.8 cm³/mol. The maximum Gasteiger partial charge on any atom is 0.255 e.